The van der Waals surface area contributed by atoms with Gasteiger partial charge in [-0.1, -0.05) is 0 Å². The van der Waals surface area contributed by atoms with Gasteiger partial charge in [0.2, 0.25) is 5.91 Å². The predicted molar refractivity (Wildman–Crippen MR) is 91.5 cm³/mol. The number of aromatic nitrogens is 1. The molecule has 0 bridgehead atoms. The van der Waals surface area contributed by atoms with Crippen LogP contribution in [0.5, 0.6) is 5.75 Å². The summed E-state index contributed by atoms with van der Waals surface area (Å²) in [7, 11) is 1.69. The Morgan fingerprint density at radius 3 is 2.67 bits per heavy atom. The monoisotopic (exact) mass is 393 g/mol. The Morgan fingerprint density at radius 2 is 2.08 bits per heavy atom. The maximum atomic E-state index is 12.1. The van der Waals surface area contributed by atoms with Crippen molar-refractivity contribution < 1.29 is 9.53 Å². The highest BCUT2D eigenvalue weighted by Gasteiger charge is 2.51. The van der Waals surface area contributed by atoms with E-state index < -0.39 is 5.41 Å². The van der Waals surface area contributed by atoms with Gasteiger partial charge in [0.05, 0.1) is 16.6 Å². The first-order chi connectivity index (χ1) is 11.4. The molecule has 1 N–H and O–H groups in total. The van der Waals surface area contributed by atoms with Gasteiger partial charge in [0.25, 0.3) is 5.56 Å². The normalized spacial score (nSPS) is 24.7. The van der Waals surface area contributed by atoms with Crippen molar-refractivity contribution in [2.75, 3.05) is 0 Å². The molecule has 0 atom stereocenters. The Bertz CT molecular complexity index is 740. The number of rotatable bonds is 4. The number of hydrogen-bond donors (Lipinski definition) is 1. The smallest absolute Gasteiger partial charge is 0.254 e. The fourth-order valence-electron chi connectivity index (χ4n) is 3.01. The van der Waals surface area contributed by atoms with Gasteiger partial charge in [-0.05, 0) is 54.5 Å². The lowest BCUT2D eigenvalue weighted by molar-refractivity contribution is -0.125. The van der Waals surface area contributed by atoms with Crippen molar-refractivity contribution in [1.29, 1.82) is 5.26 Å². The van der Waals surface area contributed by atoms with Crippen molar-refractivity contribution >= 4 is 21.8 Å². The Hall–Kier alpha value is -1.81. The molecule has 2 saturated carbocycles. The summed E-state index contributed by atoms with van der Waals surface area (Å²) in [6.45, 7) is 0. The van der Waals surface area contributed by atoms with E-state index in [2.05, 4.69) is 27.3 Å². The molecule has 3 rings (SSSR count). The number of halogens is 1. The van der Waals surface area contributed by atoms with Gasteiger partial charge >= 0.3 is 0 Å². The van der Waals surface area contributed by atoms with Crippen LogP contribution in [0.4, 0.5) is 0 Å². The number of nitrogens with zero attached hydrogens (tertiary/aromatic N) is 2. The van der Waals surface area contributed by atoms with Gasteiger partial charge in [0.1, 0.15) is 11.2 Å². The third-order valence-electron chi connectivity index (χ3n) is 4.85. The molecule has 128 valence electrons. The van der Waals surface area contributed by atoms with E-state index in [-0.39, 0.29) is 23.6 Å². The lowest BCUT2D eigenvalue weighted by atomic mass is 9.92. The molecule has 0 saturated heterocycles. The van der Waals surface area contributed by atoms with E-state index in [1.165, 1.54) is 10.6 Å². The Labute approximate surface area is 148 Å². The Balaban J connectivity index is 1.52. The Morgan fingerprint density at radius 1 is 1.42 bits per heavy atom. The molecule has 1 amide bonds. The molecule has 6 nitrogen and oxygen atoms in total. The summed E-state index contributed by atoms with van der Waals surface area (Å²) in [5.74, 6) is 0.440. The molecule has 1 heterocycles. The molecule has 0 aromatic carbocycles. The molecule has 0 unspecified atom stereocenters. The van der Waals surface area contributed by atoms with E-state index in [1.807, 2.05) is 0 Å². The number of aryl methyl sites for hydroxylation is 1. The number of hydrogen-bond acceptors (Lipinski definition) is 4. The minimum atomic E-state index is -0.762. The number of carbonyl (C=O) groups is 1. The summed E-state index contributed by atoms with van der Waals surface area (Å²) in [5.41, 5.74) is -0.872. The van der Waals surface area contributed by atoms with Crippen LogP contribution in [-0.2, 0) is 11.8 Å². The molecule has 2 fully saturated rings. The van der Waals surface area contributed by atoms with Gasteiger partial charge in [-0.25, -0.2) is 0 Å². The predicted octanol–water partition coefficient (Wildman–Crippen LogP) is 2.26. The number of ether oxygens (including phenoxy) is 1. The zero-order valence-corrected chi connectivity index (χ0v) is 15.1. The standard InChI is InChI=1S/C17H20BrN3O3/c1-21-9-13(18)14(8-15(21)22)24-12-4-2-11(3-5-12)20-16(23)17(10-19)6-7-17/h8-9,11-12H,2-7H2,1H3,(H,20,23)/t11-,12-. The lowest BCUT2D eigenvalue weighted by Crippen LogP contribution is -2.42. The molecule has 24 heavy (non-hydrogen) atoms. The highest BCUT2D eigenvalue weighted by Crippen LogP contribution is 2.45. The van der Waals surface area contributed by atoms with Gasteiger partial charge in [0.15, 0.2) is 0 Å². The third kappa shape index (κ3) is 3.48. The van der Waals surface area contributed by atoms with Crippen LogP contribution < -0.4 is 15.6 Å². The largest absolute Gasteiger partial charge is 0.489 e. The van der Waals surface area contributed by atoms with Gasteiger partial charge in [-0.2, -0.15) is 5.26 Å². The van der Waals surface area contributed by atoms with Crippen molar-refractivity contribution in [1.82, 2.24) is 9.88 Å². The molecule has 1 aromatic heterocycles. The summed E-state index contributed by atoms with van der Waals surface area (Å²) < 4.78 is 8.20. The maximum absolute atomic E-state index is 12.1. The SMILES string of the molecule is Cn1cc(Br)c(O[C@H]2CC[C@H](NC(=O)C3(C#N)CC3)CC2)cc1=O. The van der Waals surface area contributed by atoms with E-state index in [1.54, 1.807) is 13.2 Å². The average molecular weight is 394 g/mol. The summed E-state index contributed by atoms with van der Waals surface area (Å²) in [5, 5.41) is 12.1. The number of carbonyl (C=O) groups excluding carboxylic acids is 1. The van der Waals surface area contributed by atoms with Crippen LogP contribution in [0.15, 0.2) is 21.5 Å². The molecule has 2 aliphatic carbocycles. The van der Waals surface area contributed by atoms with Crippen LogP contribution in [0, 0.1) is 16.7 Å². The van der Waals surface area contributed by atoms with Crippen LogP contribution in [0.2, 0.25) is 0 Å². The third-order valence-corrected chi connectivity index (χ3v) is 5.44. The van der Waals surface area contributed by atoms with E-state index in [9.17, 15) is 9.59 Å². The summed E-state index contributed by atoms with van der Waals surface area (Å²) in [6, 6.07) is 3.72. The molecule has 0 aliphatic heterocycles. The fraction of sp³-hybridized carbons (Fsp3) is 0.588. The number of amides is 1. The minimum Gasteiger partial charge on any atom is -0.489 e. The second-order valence-corrected chi connectivity index (χ2v) is 7.55. The highest BCUT2D eigenvalue weighted by molar-refractivity contribution is 9.10. The van der Waals surface area contributed by atoms with Crippen molar-refractivity contribution in [2.45, 2.75) is 50.7 Å². The van der Waals surface area contributed by atoms with Crippen molar-refractivity contribution in [3.8, 4) is 11.8 Å². The minimum absolute atomic E-state index is 0.0346. The number of nitrogens with one attached hydrogen (secondary N) is 1. The van der Waals surface area contributed by atoms with Crippen LogP contribution in [0.1, 0.15) is 38.5 Å². The van der Waals surface area contributed by atoms with E-state index in [0.717, 1.165) is 30.2 Å². The lowest BCUT2D eigenvalue weighted by Gasteiger charge is -2.30. The first-order valence-corrected chi connectivity index (χ1v) is 8.98. The molecular weight excluding hydrogens is 374 g/mol. The van der Waals surface area contributed by atoms with Crippen LogP contribution in [-0.4, -0.2) is 22.6 Å². The van der Waals surface area contributed by atoms with Crippen LogP contribution in [0.3, 0.4) is 0 Å². The van der Waals surface area contributed by atoms with Crippen LogP contribution >= 0.6 is 15.9 Å². The quantitative estimate of drug-likeness (QED) is 0.849. The first-order valence-electron chi connectivity index (χ1n) is 8.18. The van der Waals surface area contributed by atoms with Crippen molar-refractivity contribution in [3.05, 3.63) is 27.1 Å². The summed E-state index contributed by atoms with van der Waals surface area (Å²) in [6.07, 6.45) is 6.34. The zero-order chi connectivity index (χ0) is 17.3. The molecule has 7 heteroatoms. The molecule has 1 aromatic rings. The number of pyridine rings is 1. The zero-order valence-electron chi connectivity index (χ0n) is 13.5. The second-order valence-electron chi connectivity index (χ2n) is 6.69. The molecular formula is C17H20BrN3O3. The van der Waals surface area contributed by atoms with E-state index >= 15 is 0 Å². The van der Waals surface area contributed by atoms with E-state index in [4.69, 9.17) is 10.00 Å². The first kappa shape index (κ1) is 17.0. The van der Waals surface area contributed by atoms with Gasteiger partial charge < -0.3 is 14.6 Å². The Kier molecular flexibility index (Phi) is 4.68. The van der Waals surface area contributed by atoms with Gasteiger partial charge in [-0.3, -0.25) is 9.59 Å². The summed E-state index contributed by atoms with van der Waals surface area (Å²) in [4.78, 5) is 23.8. The number of nitriles is 1. The maximum Gasteiger partial charge on any atom is 0.254 e. The fourth-order valence-corrected chi connectivity index (χ4v) is 3.53. The summed E-state index contributed by atoms with van der Waals surface area (Å²) >= 11 is 3.42. The average Bonchev–Trinajstić information content (AvgIpc) is 3.35. The highest BCUT2D eigenvalue weighted by atomic mass is 79.9. The molecule has 0 radical (unpaired) electrons. The molecule has 2 aliphatic rings. The van der Waals surface area contributed by atoms with E-state index in [0.29, 0.717) is 18.6 Å². The van der Waals surface area contributed by atoms with Gasteiger partial charge in [0, 0.05) is 25.4 Å². The van der Waals surface area contributed by atoms with Gasteiger partial charge in [-0.15, -0.1) is 0 Å². The topological polar surface area (TPSA) is 84.1 Å². The second kappa shape index (κ2) is 6.60. The van der Waals surface area contributed by atoms with Crippen molar-refractivity contribution in [3.63, 3.8) is 0 Å². The molecule has 0 spiro atoms. The van der Waals surface area contributed by atoms with Crippen LogP contribution in [0.25, 0.3) is 0 Å². The van der Waals surface area contributed by atoms with Crippen molar-refractivity contribution in [2.24, 2.45) is 12.5 Å².